The highest BCUT2D eigenvalue weighted by Gasteiger charge is 2.15. The number of H-pyrrole nitrogens is 1. The number of amides is 1. The Labute approximate surface area is 134 Å². The topological polar surface area (TPSA) is 92.8 Å². The summed E-state index contributed by atoms with van der Waals surface area (Å²) in [6, 6.07) is 7.54. The van der Waals surface area contributed by atoms with Gasteiger partial charge in [-0.05, 0) is 50.3 Å². The number of rotatable bonds is 3. The maximum absolute atomic E-state index is 11.4. The van der Waals surface area contributed by atoms with Gasteiger partial charge in [0.15, 0.2) is 0 Å². The lowest BCUT2D eigenvalue weighted by atomic mass is 10.1. The molecule has 2 rings (SSSR count). The second-order valence-electron chi connectivity index (χ2n) is 5.79. The Morgan fingerprint density at radius 3 is 2.65 bits per heavy atom. The lowest BCUT2D eigenvalue weighted by Crippen LogP contribution is -2.32. The van der Waals surface area contributed by atoms with Gasteiger partial charge < -0.3 is 10.1 Å². The number of aromatic amines is 1. The van der Waals surface area contributed by atoms with Crippen molar-refractivity contribution in [1.29, 1.82) is 0 Å². The van der Waals surface area contributed by atoms with Gasteiger partial charge in [-0.1, -0.05) is 11.8 Å². The van der Waals surface area contributed by atoms with E-state index in [0.717, 1.165) is 11.1 Å². The third kappa shape index (κ3) is 5.79. The molecule has 2 N–H and O–H groups in total. The van der Waals surface area contributed by atoms with E-state index in [1.165, 1.54) is 0 Å². The van der Waals surface area contributed by atoms with Crippen molar-refractivity contribution in [1.82, 2.24) is 25.9 Å². The van der Waals surface area contributed by atoms with Gasteiger partial charge in [-0.2, -0.15) is 5.21 Å². The van der Waals surface area contributed by atoms with Gasteiger partial charge in [0.1, 0.15) is 5.60 Å². The van der Waals surface area contributed by atoms with Gasteiger partial charge in [0.05, 0.1) is 0 Å². The molecule has 0 unspecified atom stereocenters. The molecular weight excluding hydrogens is 294 g/mol. The lowest BCUT2D eigenvalue weighted by molar-refractivity contribution is 0.0529. The van der Waals surface area contributed by atoms with Crippen LogP contribution in [0.4, 0.5) is 4.79 Å². The van der Waals surface area contributed by atoms with E-state index in [4.69, 9.17) is 4.74 Å². The van der Waals surface area contributed by atoms with Crippen molar-refractivity contribution in [3.8, 4) is 23.2 Å². The third-order valence-electron chi connectivity index (χ3n) is 2.64. The number of hydrogen-bond acceptors (Lipinski definition) is 5. The van der Waals surface area contributed by atoms with Crippen LogP contribution < -0.4 is 5.32 Å². The SMILES string of the molecule is CC(C)(C)OC(=O)NCCC#Cc1ccc(-c2nn[nH]n2)cc1. The number of carbonyl (C=O) groups excluding carboxylic acids is 1. The second kappa shape index (κ2) is 7.40. The average Bonchev–Trinajstić information content (AvgIpc) is 3.00. The van der Waals surface area contributed by atoms with Crippen molar-refractivity contribution < 1.29 is 9.53 Å². The van der Waals surface area contributed by atoms with Crippen LogP contribution in [0.2, 0.25) is 0 Å². The van der Waals surface area contributed by atoms with Crippen LogP contribution in [-0.2, 0) is 4.74 Å². The molecule has 0 spiro atoms. The minimum Gasteiger partial charge on any atom is -0.444 e. The summed E-state index contributed by atoms with van der Waals surface area (Å²) in [6.45, 7) is 5.92. The van der Waals surface area contributed by atoms with E-state index in [9.17, 15) is 4.79 Å². The van der Waals surface area contributed by atoms with Gasteiger partial charge in [0.25, 0.3) is 0 Å². The molecule has 0 bridgehead atoms. The van der Waals surface area contributed by atoms with E-state index in [0.29, 0.717) is 18.8 Å². The summed E-state index contributed by atoms with van der Waals surface area (Å²) in [7, 11) is 0. The zero-order valence-electron chi connectivity index (χ0n) is 13.4. The molecule has 2 aromatic rings. The van der Waals surface area contributed by atoms with Gasteiger partial charge in [-0.3, -0.25) is 0 Å². The maximum Gasteiger partial charge on any atom is 0.407 e. The van der Waals surface area contributed by atoms with Crippen molar-refractivity contribution >= 4 is 6.09 Å². The summed E-state index contributed by atoms with van der Waals surface area (Å²) in [4.78, 5) is 11.4. The summed E-state index contributed by atoms with van der Waals surface area (Å²) in [5.74, 6) is 6.58. The number of alkyl carbamates (subject to hydrolysis) is 1. The number of tetrazole rings is 1. The largest absolute Gasteiger partial charge is 0.444 e. The molecule has 1 aromatic carbocycles. The van der Waals surface area contributed by atoms with Crippen LogP contribution in [0.3, 0.4) is 0 Å². The Morgan fingerprint density at radius 2 is 2.04 bits per heavy atom. The Kier molecular flexibility index (Phi) is 5.31. The molecule has 23 heavy (non-hydrogen) atoms. The van der Waals surface area contributed by atoms with Crippen molar-refractivity contribution in [2.45, 2.75) is 32.8 Å². The first kappa shape index (κ1) is 16.5. The molecule has 0 saturated carbocycles. The van der Waals surface area contributed by atoms with Gasteiger partial charge in [-0.15, -0.1) is 10.2 Å². The standard InChI is InChI=1S/C16H19N5O2/c1-16(2,3)23-15(22)17-11-5-4-6-12-7-9-13(10-8-12)14-18-20-21-19-14/h7-10H,5,11H2,1-3H3,(H,17,22)(H,18,19,20,21). The summed E-state index contributed by atoms with van der Waals surface area (Å²) in [5.41, 5.74) is 1.27. The molecule has 0 fully saturated rings. The predicted octanol–water partition coefficient (Wildman–Crippen LogP) is 2.13. The minimum atomic E-state index is -0.490. The number of carbonyl (C=O) groups is 1. The van der Waals surface area contributed by atoms with E-state index in [1.54, 1.807) is 0 Å². The minimum absolute atomic E-state index is 0.427. The molecule has 1 heterocycles. The first-order chi connectivity index (χ1) is 10.9. The second-order valence-corrected chi connectivity index (χ2v) is 5.79. The van der Waals surface area contributed by atoms with Crippen LogP contribution in [0.25, 0.3) is 11.4 Å². The number of nitrogens with one attached hydrogen (secondary N) is 2. The summed E-state index contributed by atoms with van der Waals surface area (Å²) in [6.07, 6.45) is 0.120. The monoisotopic (exact) mass is 313 g/mol. The van der Waals surface area contributed by atoms with E-state index < -0.39 is 11.7 Å². The lowest BCUT2D eigenvalue weighted by Gasteiger charge is -2.19. The smallest absolute Gasteiger partial charge is 0.407 e. The summed E-state index contributed by atoms with van der Waals surface area (Å²) >= 11 is 0. The van der Waals surface area contributed by atoms with Gasteiger partial charge in [0.2, 0.25) is 5.82 Å². The van der Waals surface area contributed by atoms with E-state index in [-0.39, 0.29) is 0 Å². The van der Waals surface area contributed by atoms with Crippen molar-refractivity contribution in [2.75, 3.05) is 6.54 Å². The zero-order valence-corrected chi connectivity index (χ0v) is 13.4. The highest BCUT2D eigenvalue weighted by molar-refractivity contribution is 5.67. The molecule has 0 atom stereocenters. The average molecular weight is 313 g/mol. The van der Waals surface area contributed by atoms with Crippen molar-refractivity contribution in [2.24, 2.45) is 0 Å². The molecule has 0 aliphatic carbocycles. The third-order valence-corrected chi connectivity index (χ3v) is 2.64. The Bertz CT molecular complexity index is 691. The van der Waals surface area contributed by atoms with Crippen molar-refractivity contribution in [3.63, 3.8) is 0 Å². The number of nitrogens with zero attached hydrogens (tertiary/aromatic N) is 3. The molecule has 0 radical (unpaired) electrons. The van der Waals surface area contributed by atoms with Gasteiger partial charge >= 0.3 is 6.09 Å². The first-order valence-electron chi connectivity index (χ1n) is 7.24. The van der Waals surface area contributed by atoms with E-state index in [1.807, 2.05) is 45.0 Å². The summed E-state index contributed by atoms with van der Waals surface area (Å²) < 4.78 is 5.13. The van der Waals surface area contributed by atoms with E-state index >= 15 is 0 Å². The van der Waals surface area contributed by atoms with Crippen LogP contribution in [0.1, 0.15) is 32.8 Å². The quantitative estimate of drug-likeness (QED) is 0.669. The van der Waals surface area contributed by atoms with E-state index in [2.05, 4.69) is 37.8 Å². The van der Waals surface area contributed by atoms with Crippen LogP contribution >= 0.6 is 0 Å². The molecular formula is C16H19N5O2. The fraction of sp³-hybridized carbons (Fsp3) is 0.375. The first-order valence-corrected chi connectivity index (χ1v) is 7.24. The van der Waals surface area contributed by atoms with Crippen LogP contribution in [0.15, 0.2) is 24.3 Å². The predicted molar refractivity (Wildman–Crippen MR) is 85.3 cm³/mol. The molecule has 7 nitrogen and oxygen atoms in total. The Balaban J connectivity index is 1.78. The van der Waals surface area contributed by atoms with Crippen LogP contribution in [0, 0.1) is 11.8 Å². The number of ether oxygens (including phenoxy) is 1. The molecule has 0 saturated heterocycles. The molecule has 1 aromatic heterocycles. The van der Waals surface area contributed by atoms with Crippen LogP contribution in [-0.4, -0.2) is 38.9 Å². The van der Waals surface area contributed by atoms with Crippen molar-refractivity contribution in [3.05, 3.63) is 29.8 Å². The maximum atomic E-state index is 11.4. The highest BCUT2D eigenvalue weighted by atomic mass is 16.6. The number of hydrogen-bond donors (Lipinski definition) is 2. The van der Waals surface area contributed by atoms with Crippen LogP contribution in [0.5, 0.6) is 0 Å². The highest BCUT2D eigenvalue weighted by Crippen LogP contribution is 2.13. The Hall–Kier alpha value is -2.88. The number of benzene rings is 1. The van der Waals surface area contributed by atoms with Gasteiger partial charge in [0, 0.05) is 24.1 Å². The number of aromatic nitrogens is 4. The molecule has 7 heteroatoms. The normalized spacial score (nSPS) is 10.6. The molecule has 1 amide bonds. The zero-order chi connectivity index (χ0) is 16.7. The summed E-state index contributed by atoms with van der Waals surface area (Å²) in [5, 5.41) is 16.4. The fourth-order valence-electron chi connectivity index (χ4n) is 1.69. The molecule has 120 valence electrons. The molecule has 0 aliphatic rings. The van der Waals surface area contributed by atoms with Gasteiger partial charge in [-0.25, -0.2) is 4.79 Å². The fourth-order valence-corrected chi connectivity index (χ4v) is 1.69. The Morgan fingerprint density at radius 1 is 1.30 bits per heavy atom. The molecule has 0 aliphatic heterocycles.